The first-order valence-corrected chi connectivity index (χ1v) is 9.17. The highest BCUT2D eigenvalue weighted by molar-refractivity contribution is 5.85. The Hall–Kier alpha value is -1.50. The first-order valence-electron chi connectivity index (χ1n) is 9.17. The van der Waals surface area contributed by atoms with Gasteiger partial charge < -0.3 is 19.7 Å². The van der Waals surface area contributed by atoms with E-state index in [1.54, 1.807) is 14.2 Å². The van der Waals surface area contributed by atoms with Gasteiger partial charge in [-0.05, 0) is 37.6 Å². The van der Waals surface area contributed by atoms with E-state index in [-0.39, 0.29) is 18.3 Å². The number of hydrogen-bond donors (Lipinski definition) is 1. The number of methoxy groups -OCH3 is 2. The van der Waals surface area contributed by atoms with Gasteiger partial charge in [-0.1, -0.05) is 0 Å². The van der Waals surface area contributed by atoms with Gasteiger partial charge in [-0.3, -0.25) is 9.69 Å². The van der Waals surface area contributed by atoms with Crippen molar-refractivity contribution >= 4 is 18.3 Å². The Bertz CT molecular complexity index is 593. The fraction of sp³-hybridized carbons (Fsp3) is 0.632. The molecule has 6 nitrogen and oxygen atoms in total. The summed E-state index contributed by atoms with van der Waals surface area (Å²) in [6.45, 7) is 5.28. The number of amides is 1. The number of carbonyl (C=O) groups is 1. The first kappa shape index (κ1) is 20.8. The zero-order chi connectivity index (χ0) is 17.6. The molecule has 0 radical (unpaired) electrons. The Balaban J connectivity index is 0.00000243. The number of ether oxygens (including phenoxy) is 2. The Morgan fingerprint density at radius 2 is 1.96 bits per heavy atom. The largest absolute Gasteiger partial charge is 0.497 e. The molecule has 1 amide bonds. The fourth-order valence-electron chi connectivity index (χ4n) is 3.86. The summed E-state index contributed by atoms with van der Waals surface area (Å²) >= 11 is 0. The van der Waals surface area contributed by atoms with E-state index in [0.29, 0.717) is 12.5 Å². The van der Waals surface area contributed by atoms with Crippen LogP contribution in [0, 0.1) is 0 Å². The van der Waals surface area contributed by atoms with Crippen molar-refractivity contribution in [2.75, 3.05) is 53.5 Å². The summed E-state index contributed by atoms with van der Waals surface area (Å²) in [5.74, 6) is 2.01. The van der Waals surface area contributed by atoms with Crippen molar-refractivity contribution in [3.8, 4) is 11.5 Å². The van der Waals surface area contributed by atoms with E-state index in [9.17, 15) is 4.79 Å². The maximum atomic E-state index is 12.4. The number of nitrogens with zero attached hydrogens (tertiary/aromatic N) is 2. The van der Waals surface area contributed by atoms with Crippen molar-refractivity contribution in [3.63, 3.8) is 0 Å². The van der Waals surface area contributed by atoms with Crippen LogP contribution in [0.5, 0.6) is 11.5 Å². The second-order valence-corrected chi connectivity index (χ2v) is 6.68. The lowest BCUT2D eigenvalue weighted by molar-refractivity contribution is -0.132. The fourth-order valence-corrected chi connectivity index (χ4v) is 3.86. The van der Waals surface area contributed by atoms with Crippen LogP contribution in [0.25, 0.3) is 0 Å². The van der Waals surface area contributed by atoms with Crippen LogP contribution in [0.3, 0.4) is 0 Å². The molecule has 2 aliphatic heterocycles. The lowest BCUT2D eigenvalue weighted by Gasteiger charge is -2.30. The zero-order valence-corrected chi connectivity index (χ0v) is 16.5. The molecule has 1 aromatic carbocycles. The van der Waals surface area contributed by atoms with Crippen molar-refractivity contribution in [2.24, 2.45) is 0 Å². The van der Waals surface area contributed by atoms with Gasteiger partial charge in [0.2, 0.25) is 5.91 Å². The summed E-state index contributed by atoms with van der Waals surface area (Å²) in [6, 6.07) is 6.26. The van der Waals surface area contributed by atoms with Gasteiger partial charge in [-0.15, -0.1) is 12.4 Å². The summed E-state index contributed by atoms with van der Waals surface area (Å²) in [4.78, 5) is 16.8. The number of rotatable bonds is 6. The Morgan fingerprint density at radius 3 is 2.65 bits per heavy atom. The van der Waals surface area contributed by atoms with Gasteiger partial charge in [0.05, 0.1) is 14.2 Å². The molecule has 0 saturated carbocycles. The quantitative estimate of drug-likeness (QED) is 0.815. The van der Waals surface area contributed by atoms with E-state index in [1.807, 2.05) is 17.0 Å². The van der Waals surface area contributed by atoms with Crippen LogP contribution in [-0.2, 0) is 4.79 Å². The third-order valence-electron chi connectivity index (χ3n) is 5.24. The molecule has 1 N–H and O–H groups in total. The Labute approximate surface area is 162 Å². The van der Waals surface area contributed by atoms with Crippen molar-refractivity contribution in [1.29, 1.82) is 0 Å². The van der Waals surface area contributed by atoms with Crippen molar-refractivity contribution < 1.29 is 14.3 Å². The molecule has 2 heterocycles. The number of carbonyl (C=O) groups excluding carboxylic acids is 1. The molecular formula is C19H30ClN3O3. The Morgan fingerprint density at radius 1 is 1.19 bits per heavy atom. The molecule has 1 atom stereocenters. The van der Waals surface area contributed by atoms with Gasteiger partial charge in [0, 0.05) is 50.7 Å². The van der Waals surface area contributed by atoms with E-state index in [1.165, 1.54) is 0 Å². The highest BCUT2D eigenvalue weighted by Gasteiger charge is 2.29. The smallest absolute Gasteiger partial charge is 0.223 e. The molecule has 7 heteroatoms. The topological polar surface area (TPSA) is 54.0 Å². The second kappa shape index (κ2) is 10.00. The standard InChI is InChI=1S/C19H29N3O3.ClH/c1-24-15-5-6-18(25-2)16(14-15)17-4-3-10-21(17)11-7-19(23)22-12-8-20-9-13-22;/h5-6,14,17,20H,3-4,7-13H2,1-2H3;1H. The first-order chi connectivity index (χ1) is 12.2. The normalized spacial score (nSPS) is 20.5. The van der Waals surface area contributed by atoms with Crippen LogP contribution >= 0.6 is 12.4 Å². The molecular weight excluding hydrogens is 354 g/mol. The summed E-state index contributed by atoms with van der Waals surface area (Å²) in [5.41, 5.74) is 1.16. The molecule has 2 saturated heterocycles. The van der Waals surface area contributed by atoms with Crippen LogP contribution in [0.15, 0.2) is 18.2 Å². The molecule has 2 aliphatic rings. The average Bonchev–Trinajstić information content (AvgIpc) is 3.14. The number of benzene rings is 1. The summed E-state index contributed by atoms with van der Waals surface area (Å²) in [5, 5.41) is 3.29. The van der Waals surface area contributed by atoms with Crippen LogP contribution in [0.4, 0.5) is 0 Å². The summed E-state index contributed by atoms with van der Waals surface area (Å²) in [6.07, 6.45) is 2.82. The lowest BCUT2D eigenvalue weighted by atomic mass is 10.0. The van der Waals surface area contributed by atoms with Crippen LogP contribution in [-0.4, -0.2) is 69.2 Å². The third kappa shape index (κ3) is 4.81. The molecule has 26 heavy (non-hydrogen) atoms. The van der Waals surface area contributed by atoms with Gasteiger partial charge in [0.25, 0.3) is 0 Å². The predicted octanol–water partition coefficient (Wildman–Crippen LogP) is 2.08. The van der Waals surface area contributed by atoms with Crippen molar-refractivity contribution in [2.45, 2.75) is 25.3 Å². The monoisotopic (exact) mass is 383 g/mol. The minimum atomic E-state index is 0. The molecule has 0 spiro atoms. The molecule has 1 aromatic rings. The number of halogens is 1. The average molecular weight is 384 g/mol. The van der Waals surface area contributed by atoms with E-state index >= 15 is 0 Å². The Kier molecular flexibility index (Phi) is 8.00. The molecule has 0 aliphatic carbocycles. The molecule has 146 valence electrons. The maximum Gasteiger partial charge on any atom is 0.223 e. The molecule has 3 rings (SSSR count). The molecule has 1 unspecified atom stereocenters. The van der Waals surface area contributed by atoms with Gasteiger partial charge in [-0.25, -0.2) is 0 Å². The maximum absolute atomic E-state index is 12.4. The van der Waals surface area contributed by atoms with Crippen molar-refractivity contribution in [1.82, 2.24) is 15.1 Å². The van der Waals surface area contributed by atoms with Gasteiger partial charge in [0.1, 0.15) is 11.5 Å². The second-order valence-electron chi connectivity index (χ2n) is 6.68. The zero-order valence-electron chi connectivity index (χ0n) is 15.7. The summed E-state index contributed by atoms with van der Waals surface area (Å²) < 4.78 is 10.9. The van der Waals surface area contributed by atoms with Crippen molar-refractivity contribution in [3.05, 3.63) is 23.8 Å². The molecule has 2 fully saturated rings. The van der Waals surface area contributed by atoms with E-state index in [4.69, 9.17) is 9.47 Å². The number of likely N-dealkylation sites (tertiary alicyclic amines) is 1. The van der Waals surface area contributed by atoms with Crippen LogP contribution < -0.4 is 14.8 Å². The number of piperazine rings is 1. The number of hydrogen-bond acceptors (Lipinski definition) is 5. The molecule has 0 bridgehead atoms. The van der Waals surface area contributed by atoms with Gasteiger partial charge in [0.15, 0.2) is 0 Å². The van der Waals surface area contributed by atoms with E-state index < -0.39 is 0 Å². The minimum absolute atomic E-state index is 0. The van der Waals surface area contributed by atoms with Gasteiger partial charge in [-0.2, -0.15) is 0 Å². The lowest BCUT2D eigenvalue weighted by Crippen LogP contribution is -2.47. The minimum Gasteiger partial charge on any atom is -0.497 e. The van der Waals surface area contributed by atoms with E-state index in [2.05, 4.69) is 16.3 Å². The highest BCUT2D eigenvalue weighted by atomic mass is 35.5. The number of nitrogens with one attached hydrogen (secondary N) is 1. The third-order valence-corrected chi connectivity index (χ3v) is 5.24. The highest BCUT2D eigenvalue weighted by Crippen LogP contribution is 2.38. The van der Waals surface area contributed by atoms with Crippen LogP contribution in [0.2, 0.25) is 0 Å². The van der Waals surface area contributed by atoms with E-state index in [0.717, 1.165) is 69.2 Å². The van der Waals surface area contributed by atoms with Crippen LogP contribution in [0.1, 0.15) is 30.9 Å². The van der Waals surface area contributed by atoms with Gasteiger partial charge >= 0.3 is 0 Å². The SMILES string of the molecule is COc1ccc(OC)c(C2CCCN2CCC(=O)N2CCNCC2)c1.Cl. The molecule has 0 aromatic heterocycles. The summed E-state index contributed by atoms with van der Waals surface area (Å²) in [7, 11) is 3.39. The predicted molar refractivity (Wildman–Crippen MR) is 104 cm³/mol.